The summed E-state index contributed by atoms with van der Waals surface area (Å²) in [6, 6.07) is -2.10. The molecule has 0 heterocycles. The molecule has 0 aliphatic carbocycles. The van der Waals surface area contributed by atoms with Crippen LogP contribution in [0.4, 0.5) is 0 Å². The molecule has 0 atom stereocenters. The van der Waals surface area contributed by atoms with E-state index in [1.54, 1.807) is 0 Å². The summed E-state index contributed by atoms with van der Waals surface area (Å²) in [5.41, 5.74) is 0. The Labute approximate surface area is 90.1 Å². The van der Waals surface area contributed by atoms with Crippen molar-refractivity contribution < 1.29 is 0 Å². The zero-order valence-electron chi connectivity index (χ0n) is 4.68. The van der Waals surface area contributed by atoms with Gasteiger partial charge in [-0.3, -0.25) is 0 Å². The minimum absolute atomic E-state index is 0.453. The first-order valence-electron chi connectivity index (χ1n) is 2.34. The van der Waals surface area contributed by atoms with Gasteiger partial charge in [-0.25, -0.2) is 0 Å². The maximum atomic E-state index is 5.60. The van der Waals surface area contributed by atoms with E-state index in [9.17, 15) is 0 Å². The van der Waals surface area contributed by atoms with Crippen molar-refractivity contribution in [2.45, 2.75) is 11.3 Å². The Balaban J connectivity index is 3.56. The van der Waals surface area contributed by atoms with Crippen molar-refractivity contribution >= 4 is 79.7 Å². The van der Waals surface area contributed by atoms with E-state index in [-0.39, 0.29) is 0 Å². The summed E-state index contributed by atoms with van der Waals surface area (Å²) in [7, 11) is 13.8. The van der Waals surface area contributed by atoms with Crippen LogP contribution in [0.2, 0.25) is 11.3 Å². The minimum atomic E-state index is -3.01. The summed E-state index contributed by atoms with van der Waals surface area (Å²) >= 11 is 16.7. The summed E-state index contributed by atoms with van der Waals surface area (Å²) in [5, 5.41) is 0.480. The Morgan fingerprint density at radius 1 is 1.00 bits per heavy atom. The normalized spacial score (nSPS) is 13.8. The Morgan fingerprint density at radius 3 is 1.50 bits per heavy atom. The molecule has 0 amide bonds. The van der Waals surface area contributed by atoms with Gasteiger partial charge in [-0.2, -0.15) is 0 Å². The van der Waals surface area contributed by atoms with E-state index in [1.165, 1.54) is 0 Å². The molecule has 0 N–H and O–H groups in total. The van der Waals surface area contributed by atoms with E-state index in [1.807, 2.05) is 0 Å². The van der Waals surface area contributed by atoms with Crippen molar-refractivity contribution in [2.24, 2.45) is 0 Å². The SMILES string of the molecule is Cl[Si](Cl)(Cl)C[CH2][Ge]([Cl])([Cl])[Cl]. The van der Waals surface area contributed by atoms with Gasteiger partial charge in [-0.1, -0.05) is 0 Å². The van der Waals surface area contributed by atoms with Gasteiger partial charge in [0.15, 0.2) is 0 Å². The summed E-state index contributed by atoms with van der Waals surface area (Å²) in [5.74, 6) is 0. The van der Waals surface area contributed by atoms with Crippen LogP contribution in [0.5, 0.6) is 0 Å². The molecule has 8 heteroatoms. The standard InChI is InChI=1S/C2H4Cl6GeSi/c3-9(4,5)1-2-10(6,7)8/h1-2H2. The average Bonchev–Trinajstić information content (AvgIpc) is 1.57. The van der Waals surface area contributed by atoms with Crippen LogP contribution in [0.1, 0.15) is 0 Å². The third-order valence-corrected chi connectivity index (χ3v) is 8.92. The Morgan fingerprint density at radius 2 is 1.40 bits per heavy atom. The van der Waals surface area contributed by atoms with Crippen molar-refractivity contribution in [1.82, 2.24) is 0 Å². The summed E-state index contributed by atoms with van der Waals surface area (Å²) in [6.45, 7) is 0. The van der Waals surface area contributed by atoms with Crippen LogP contribution in [0, 0.1) is 0 Å². The van der Waals surface area contributed by atoms with Crippen LogP contribution in [0.15, 0.2) is 0 Å². The third kappa shape index (κ3) is 10.5. The molecule has 0 aromatic carbocycles. The molecule has 0 fully saturated rings. The predicted molar refractivity (Wildman–Crippen MR) is 56.2 cm³/mol. The topological polar surface area (TPSA) is 0 Å². The first kappa shape index (κ1) is 12.5. The second kappa shape index (κ2) is 4.66. The molecule has 0 aromatic rings. The van der Waals surface area contributed by atoms with E-state index in [2.05, 4.69) is 0 Å². The fourth-order valence-corrected chi connectivity index (χ4v) is 13.3. The van der Waals surface area contributed by atoms with E-state index in [0.717, 1.165) is 0 Å². The maximum absolute atomic E-state index is 5.60. The predicted octanol–water partition coefficient (Wildman–Crippen LogP) is 4.30. The molecule has 0 unspecified atom stereocenters. The van der Waals surface area contributed by atoms with Gasteiger partial charge < -0.3 is 0 Å². The van der Waals surface area contributed by atoms with Gasteiger partial charge in [0.2, 0.25) is 0 Å². The van der Waals surface area contributed by atoms with Crippen molar-refractivity contribution in [3.05, 3.63) is 0 Å². The monoisotopic (exact) mass is 340 g/mol. The molecule has 10 heavy (non-hydrogen) atoms. The number of hydrogen-bond donors (Lipinski definition) is 0. The van der Waals surface area contributed by atoms with Crippen molar-refractivity contribution in [3.63, 3.8) is 0 Å². The van der Waals surface area contributed by atoms with Crippen LogP contribution in [0.25, 0.3) is 0 Å². The molecule has 0 radical (unpaired) electrons. The van der Waals surface area contributed by atoms with Gasteiger partial charge in [-0.05, 0) is 0 Å². The van der Waals surface area contributed by atoms with Crippen molar-refractivity contribution in [1.29, 1.82) is 0 Å². The van der Waals surface area contributed by atoms with Crippen molar-refractivity contribution in [2.75, 3.05) is 0 Å². The molecule has 0 aliphatic rings. The van der Waals surface area contributed by atoms with E-state index in [0.29, 0.717) is 11.3 Å². The second-order valence-corrected chi connectivity index (χ2v) is 27.7. The summed E-state index contributed by atoms with van der Waals surface area (Å²) in [4.78, 5) is 0. The first-order valence-corrected chi connectivity index (χ1v) is 17.3. The number of hydrogen-bond acceptors (Lipinski definition) is 0. The van der Waals surface area contributed by atoms with Gasteiger partial charge in [-0.15, -0.1) is 0 Å². The second-order valence-electron chi connectivity index (χ2n) is 1.73. The molecule has 0 saturated carbocycles. The summed E-state index contributed by atoms with van der Waals surface area (Å²) in [6.07, 6.45) is 0. The average molecular weight is 341 g/mol. The number of halogens is 6. The van der Waals surface area contributed by atoms with Crippen LogP contribution in [0.3, 0.4) is 0 Å². The fraction of sp³-hybridized carbons (Fsp3) is 1.00. The summed E-state index contributed by atoms with van der Waals surface area (Å²) < 4.78 is 0. The van der Waals surface area contributed by atoms with Crippen LogP contribution < -0.4 is 0 Å². The Bertz CT molecular complexity index is 89.3. The zero-order chi connectivity index (χ0) is 8.41. The van der Waals surface area contributed by atoms with E-state index in [4.69, 9.17) is 63.3 Å². The van der Waals surface area contributed by atoms with Crippen molar-refractivity contribution in [3.8, 4) is 0 Å². The fourth-order valence-electron chi connectivity index (χ4n) is 0.283. The molecule has 0 bridgehead atoms. The molecule has 0 rings (SSSR count). The molecule has 0 aromatic heterocycles. The van der Waals surface area contributed by atoms with Gasteiger partial charge in [0.25, 0.3) is 0 Å². The van der Waals surface area contributed by atoms with Gasteiger partial charge >= 0.3 is 91.0 Å². The molecule has 0 saturated heterocycles. The van der Waals surface area contributed by atoms with Gasteiger partial charge in [0.1, 0.15) is 0 Å². The Hall–Kier alpha value is 2.50. The molecule has 0 nitrogen and oxygen atoms in total. The van der Waals surface area contributed by atoms with Crippen LogP contribution in [-0.2, 0) is 0 Å². The Kier molecular flexibility index (Phi) is 5.82. The molecule has 0 spiro atoms. The van der Waals surface area contributed by atoms with Crippen LogP contribution >= 0.6 is 63.3 Å². The molecular weight excluding hydrogens is 337 g/mol. The number of rotatable bonds is 3. The van der Waals surface area contributed by atoms with Crippen LogP contribution in [-0.4, -0.2) is 16.5 Å². The zero-order valence-corrected chi connectivity index (χ0v) is 12.3. The third-order valence-electron chi connectivity index (χ3n) is 0.692. The van der Waals surface area contributed by atoms with E-state index < -0.39 is 16.5 Å². The van der Waals surface area contributed by atoms with Gasteiger partial charge in [0.05, 0.1) is 0 Å². The first-order chi connectivity index (χ1) is 4.21. The van der Waals surface area contributed by atoms with Gasteiger partial charge in [0, 0.05) is 0 Å². The molecule has 0 aliphatic heterocycles. The van der Waals surface area contributed by atoms with E-state index >= 15 is 0 Å². The molecular formula is C2H4Cl6GeSi. The molecule has 62 valence electrons. The quantitative estimate of drug-likeness (QED) is 0.530.